The van der Waals surface area contributed by atoms with Gasteiger partial charge in [-0.25, -0.2) is 18.5 Å². The second kappa shape index (κ2) is 7.02. The van der Waals surface area contributed by atoms with Crippen LogP contribution in [-0.4, -0.2) is 45.5 Å². The number of amides is 1. The molecule has 0 bridgehead atoms. The molecule has 12 heteroatoms. The first-order chi connectivity index (χ1) is 13.7. The summed E-state index contributed by atoms with van der Waals surface area (Å²) in [5, 5.41) is 6.02. The van der Waals surface area contributed by atoms with E-state index in [2.05, 4.69) is 15.4 Å². The van der Waals surface area contributed by atoms with E-state index in [0.29, 0.717) is 4.68 Å². The second-order valence-corrected chi connectivity index (χ2v) is 7.66. The zero-order valence-electron chi connectivity index (χ0n) is 14.7. The highest BCUT2D eigenvalue weighted by molar-refractivity contribution is 8.13. The van der Waals surface area contributed by atoms with Crippen LogP contribution in [0.4, 0.5) is 23.2 Å². The number of nitrogens with two attached hydrogens (primary N) is 1. The molecular weight excluding hydrogens is 414 g/mol. The first-order valence-corrected chi connectivity index (χ1v) is 9.42. The van der Waals surface area contributed by atoms with E-state index in [1.165, 1.54) is 12.1 Å². The first kappa shape index (κ1) is 19.7. The van der Waals surface area contributed by atoms with Gasteiger partial charge in [0, 0.05) is 23.2 Å². The number of hydrogen-bond acceptors (Lipinski definition) is 6. The molecule has 4 rings (SSSR count). The second-order valence-electron chi connectivity index (χ2n) is 6.66. The van der Waals surface area contributed by atoms with E-state index in [0.717, 1.165) is 30.1 Å². The molecular formula is C17H15F4N5O2S. The van der Waals surface area contributed by atoms with Gasteiger partial charge in [0.15, 0.2) is 22.1 Å². The Balaban J connectivity index is 1.68. The van der Waals surface area contributed by atoms with Crippen molar-refractivity contribution in [3.05, 3.63) is 47.5 Å². The van der Waals surface area contributed by atoms with Gasteiger partial charge in [0.05, 0.1) is 13.2 Å². The fourth-order valence-corrected chi connectivity index (χ4v) is 4.29. The molecule has 2 aliphatic heterocycles. The summed E-state index contributed by atoms with van der Waals surface area (Å²) in [5.74, 6) is -1.57. The van der Waals surface area contributed by atoms with Crippen molar-refractivity contribution in [1.82, 2.24) is 9.78 Å². The van der Waals surface area contributed by atoms with Crippen LogP contribution >= 0.6 is 11.8 Å². The summed E-state index contributed by atoms with van der Waals surface area (Å²) < 4.78 is 61.1. The Labute approximate surface area is 166 Å². The largest absolute Gasteiger partial charge is 0.379 e. The number of carbonyl (C=O) groups excluding carboxylic acids is 1. The van der Waals surface area contributed by atoms with E-state index < -0.39 is 29.5 Å². The highest BCUT2D eigenvalue weighted by Gasteiger charge is 2.61. The Morgan fingerprint density at radius 3 is 2.86 bits per heavy atom. The van der Waals surface area contributed by atoms with E-state index in [1.54, 1.807) is 0 Å². The van der Waals surface area contributed by atoms with Crippen LogP contribution in [0, 0.1) is 5.82 Å². The van der Waals surface area contributed by atoms with Crippen molar-refractivity contribution in [2.24, 2.45) is 10.7 Å². The molecule has 1 aromatic heterocycles. The Kier molecular flexibility index (Phi) is 4.77. The molecule has 0 aliphatic carbocycles. The minimum atomic E-state index is -2.89. The number of amidine groups is 1. The zero-order chi connectivity index (χ0) is 20.8. The SMILES string of the molecule is NC1=NC2(c3cc(NC(=O)c4ccn(C(F)F)n4)ccc3F)COCC2(F)CS1. The van der Waals surface area contributed by atoms with Crippen LogP contribution < -0.4 is 11.1 Å². The first-order valence-electron chi connectivity index (χ1n) is 8.44. The van der Waals surface area contributed by atoms with E-state index in [-0.39, 0.29) is 41.1 Å². The number of halogens is 4. The Hall–Kier alpha value is -2.60. The molecule has 2 unspecified atom stereocenters. The molecule has 1 fully saturated rings. The van der Waals surface area contributed by atoms with Crippen molar-refractivity contribution >= 4 is 28.5 Å². The third-order valence-corrected chi connectivity index (χ3v) is 5.83. The normalized spacial score (nSPS) is 26.3. The van der Waals surface area contributed by atoms with Crippen molar-refractivity contribution < 1.29 is 27.1 Å². The van der Waals surface area contributed by atoms with Gasteiger partial charge in [0.25, 0.3) is 5.91 Å². The molecule has 1 amide bonds. The van der Waals surface area contributed by atoms with Crippen LogP contribution in [-0.2, 0) is 10.3 Å². The number of rotatable bonds is 4. The molecule has 0 radical (unpaired) electrons. The van der Waals surface area contributed by atoms with Crippen LogP contribution in [0.15, 0.2) is 35.5 Å². The number of fused-ring (bicyclic) bond motifs is 1. The predicted molar refractivity (Wildman–Crippen MR) is 98.2 cm³/mol. The van der Waals surface area contributed by atoms with Gasteiger partial charge in [-0.2, -0.15) is 13.9 Å². The molecule has 2 aromatic rings. The fraction of sp³-hybridized carbons (Fsp3) is 0.353. The third-order valence-electron chi connectivity index (χ3n) is 4.84. The van der Waals surface area contributed by atoms with Crippen LogP contribution in [0.1, 0.15) is 22.6 Å². The fourth-order valence-electron chi connectivity index (χ4n) is 3.37. The predicted octanol–water partition coefficient (Wildman–Crippen LogP) is 2.66. The Morgan fingerprint density at radius 1 is 1.34 bits per heavy atom. The molecule has 3 N–H and O–H groups in total. The molecule has 7 nitrogen and oxygen atoms in total. The van der Waals surface area contributed by atoms with Gasteiger partial charge in [-0.15, -0.1) is 0 Å². The lowest BCUT2D eigenvalue weighted by atomic mass is 9.79. The quantitative estimate of drug-likeness (QED) is 0.729. The van der Waals surface area contributed by atoms with Crippen molar-refractivity contribution in [3.8, 4) is 0 Å². The van der Waals surface area contributed by atoms with Gasteiger partial charge < -0.3 is 15.8 Å². The van der Waals surface area contributed by atoms with E-state index >= 15 is 4.39 Å². The van der Waals surface area contributed by atoms with Gasteiger partial charge in [0.2, 0.25) is 0 Å². The summed E-state index contributed by atoms with van der Waals surface area (Å²) in [7, 11) is 0. The maximum atomic E-state index is 15.5. The number of nitrogens with zero attached hydrogens (tertiary/aromatic N) is 3. The average molecular weight is 429 g/mol. The molecule has 1 aromatic carbocycles. The average Bonchev–Trinajstić information content (AvgIpc) is 3.29. The lowest BCUT2D eigenvalue weighted by Gasteiger charge is -2.38. The summed E-state index contributed by atoms with van der Waals surface area (Å²) in [4.78, 5) is 16.5. The van der Waals surface area contributed by atoms with Crippen LogP contribution in [0.2, 0.25) is 0 Å². The number of benzene rings is 1. The Bertz CT molecular complexity index is 1000. The van der Waals surface area contributed by atoms with Crippen LogP contribution in [0.25, 0.3) is 0 Å². The van der Waals surface area contributed by atoms with Gasteiger partial charge in [0.1, 0.15) is 5.82 Å². The van der Waals surface area contributed by atoms with Crippen molar-refractivity contribution in [2.45, 2.75) is 17.8 Å². The standard InChI is InChI=1S/C17H15F4N5O2S/c18-11-2-1-9(23-13(27)12-3-4-26(25-12)14(19)20)5-10(11)17-7-28-6-16(17,21)8-29-15(22)24-17/h1-5,14H,6-8H2,(H2,22,24)(H,23,27). The summed E-state index contributed by atoms with van der Waals surface area (Å²) in [5.41, 5.74) is 1.87. The smallest absolute Gasteiger partial charge is 0.333 e. The molecule has 0 spiro atoms. The number of alkyl halides is 3. The molecule has 154 valence electrons. The molecule has 1 saturated heterocycles. The number of ether oxygens (including phenoxy) is 1. The summed E-state index contributed by atoms with van der Waals surface area (Å²) in [6.45, 7) is -3.36. The number of aromatic nitrogens is 2. The lowest BCUT2D eigenvalue weighted by molar-refractivity contribution is 0.0561. The van der Waals surface area contributed by atoms with E-state index in [1.807, 2.05) is 0 Å². The van der Waals surface area contributed by atoms with Gasteiger partial charge in [-0.3, -0.25) is 4.79 Å². The zero-order valence-corrected chi connectivity index (χ0v) is 15.6. The van der Waals surface area contributed by atoms with Crippen molar-refractivity contribution in [1.29, 1.82) is 0 Å². The number of aliphatic imine (C=N–C) groups is 1. The molecule has 2 atom stereocenters. The van der Waals surface area contributed by atoms with Crippen molar-refractivity contribution in [2.75, 3.05) is 24.3 Å². The maximum Gasteiger partial charge on any atom is 0.333 e. The molecule has 29 heavy (non-hydrogen) atoms. The number of thioether (sulfide) groups is 1. The Morgan fingerprint density at radius 2 is 2.14 bits per heavy atom. The van der Waals surface area contributed by atoms with Crippen LogP contribution in [0.5, 0.6) is 0 Å². The lowest BCUT2D eigenvalue weighted by Crippen LogP contribution is -2.52. The molecule has 3 heterocycles. The van der Waals surface area contributed by atoms with Gasteiger partial charge in [-0.05, 0) is 24.3 Å². The third kappa shape index (κ3) is 3.25. The van der Waals surface area contributed by atoms with Crippen LogP contribution in [0.3, 0.4) is 0 Å². The number of carbonyl (C=O) groups is 1. The molecule has 0 saturated carbocycles. The summed E-state index contributed by atoms with van der Waals surface area (Å²) in [6.07, 6.45) is 0.957. The number of anilines is 1. The van der Waals surface area contributed by atoms with Gasteiger partial charge >= 0.3 is 6.55 Å². The van der Waals surface area contributed by atoms with Crippen molar-refractivity contribution in [3.63, 3.8) is 0 Å². The monoisotopic (exact) mass is 429 g/mol. The topological polar surface area (TPSA) is 94.5 Å². The minimum absolute atomic E-state index is 0.0522. The number of nitrogens with one attached hydrogen (secondary N) is 1. The summed E-state index contributed by atoms with van der Waals surface area (Å²) >= 11 is 1.02. The maximum absolute atomic E-state index is 15.5. The van der Waals surface area contributed by atoms with E-state index in [4.69, 9.17) is 10.5 Å². The minimum Gasteiger partial charge on any atom is -0.379 e. The number of hydrogen-bond donors (Lipinski definition) is 2. The summed E-state index contributed by atoms with van der Waals surface area (Å²) in [6, 6.07) is 4.68. The van der Waals surface area contributed by atoms with Gasteiger partial charge in [-0.1, -0.05) is 11.8 Å². The highest BCUT2D eigenvalue weighted by atomic mass is 32.2. The highest BCUT2D eigenvalue weighted by Crippen LogP contribution is 2.50. The van der Waals surface area contributed by atoms with E-state index in [9.17, 15) is 18.0 Å². The molecule has 2 aliphatic rings.